The van der Waals surface area contributed by atoms with Crippen molar-refractivity contribution in [1.82, 2.24) is 0 Å². The van der Waals surface area contributed by atoms with Crippen LogP contribution in [0, 0.1) is 34.5 Å². The minimum absolute atomic E-state index is 0.0278. The van der Waals surface area contributed by atoms with Crippen molar-refractivity contribution in [2.24, 2.45) is 34.5 Å². The van der Waals surface area contributed by atoms with Crippen molar-refractivity contribution in [2.45, 2.75) is 125 Å². The fraction of sp³-hybridized carbons (Fsp3) is 0.966. The largest absolute Gasteiger partial charge is 0.465 e. The summed E-state index contributed by atoms with van der Waals surface area (Å²) >= 11 is 0. The van der Waals surface area contributed by atoms with Crippen LogP contribution >= 0.6 is 0 Å². The molecule has 0 aromatic rings. The molecule has 6 fully saturated rings. The highest BCUT2D eigenvalue weighted by molar-refractivity contribution is 5.71. The van der Waals surface area contributed by atoms with E-state index in [1.807, 2.05) is 6.92 Å². The van der Waals surface area contributed by atoms with E-state index in [2.05, 4.69) is 0 Å². The standard InChI is InChI=1S/C29H46O12/c1-13-22(34)23(35)24(36)25(40-13)41-15-8-19(32)28(12-30)21-17(3-5-27(28,37)9-15)29(38)6-4-16(14-7-20(33)39-11-14)26(29,2)10-18(21)31/h13-19,21-25,30-32,34-38H,3-12H2,1-2H3/t13-,14+,15+,16+,17+,18+,19+,21+,22-,23-,24-,25+,26-,27-,28-,29+/m1/s1. The lowest BCUT2D eigenvalue weighted by atomic mass is 9.40. The molecule has 0 unspecified atom stereocenters. The molecule has 0 spiro atoms. The van der Waals surface area contributed by atoms with E-state index in [-0.39, 0.29) is 49.9 Å². The van der Waals surface area contributed by atoms with Gasteiger partial charge in [-0.1, -0.05) is 6.92 Å². The zero-order valence-corrected chi connectivity index (χ0v) is 23.7. The second-order valence-electron chi connectivity index (χ2n) is 14.2. The molecule has 8 N–H and O–H groups in total. The first-order valence-electron chi connectivity index (χ1n) is 15.1. The number of esters is 1. The SMILES string of the molecule is C[C@H]1O[C@@H](O[C@H]2C[C@H](O)[C@]3(CO)[C@@H]4[C@@H](O)C[C@]5(C)[C@H]([C@@H]6COC(=O)C6)CC[C@]5(O)[C@H]4CC[C@@]3(O)C2)[C@H](O)[C@H](O)[C@@H]1O. The van der Waals surface area contributed by atoms with Crippen LogP contribution in [0.25, 0.3) is 0 Å². The van der Waals surface area contributed by atoms with Gasteiger partial charge in [0.2, 0.25) is 0 Å². The van der Waals surface area contributed by atoms with Crippen molar-refractivity contribution in [2.75, 3.05) is 13.2 Å². The van der Waals surface area contributed by atoms with Crippen molar-refractivity contribution >= 4 is 5.97 Å². The Morgan fingerprint density at radius 3 is 2.34 bits per heavy atom. The molecular weight excluding hydrogens is 540 g/mol. The summed E-state index contributed by atoms with van der Waals surface area (Å²) < 4.78 is 16.8. The highest BCUT2D eigenvalue weighted by atomic mass is 16.7. The van der Waals surface area contributed by atoms with E-state index in [1.165, 1.54) is 6.92 Å². The molecule has 2 heterocycles. The van der Waals surface area contributed by atoms with Crippen LogP contribution in [-0.2, 0) is 19.0 Å². The molecule has 0 radical (unpaired) electrons. The van der Waals surface area contributed by atoms with Crippen LogP contribution in [0.2, 0.25) is 0 Å². The van der Waals surface area contributed by atoms with Gasteiger partial charge in [-0.25, -0.2) is 0 Å². The summed E-state index contributed by atoms with van der Waals surface area (Å²) in [6, 6.07) is 0. The van der Waals surface area contributed by atoms with Gasteiger partial charge in [0.15, 0.2) is 6.29 Å². The molecule has 0 bridgehead atoms. The number of aliphatic hydroxyl groups is 8. The van der Waals surface area contributed by atoms with E-state index in [4.69, 9.17) is 14.2 Å². The smallest absolute Gasteiger partial charge is 0.306 e. The lowest BCUT2D eigenvalue weighted by Crippen LogP contribution is -2.76. The average molecular weight is 587 g/mol. The third kappa shape index (κ3) is 4.05. The minimum atomic E-state index is -1.66. The molecule has 2 saturated heterocycles. The van der Waals surface area contributed by atoms with E-state index in [9.17, 15) is 45.6 Å². The first-order chi connectivity index (χ1) is 19.2. The summed E-state index contributed by atoms with van der Waals surface area (Å²) in [6.45, 7) is 3.20. The summed E-state index contributed by atoms with van der Waals surface area (Å²) in [5, 5.41) is 89.7. The van der Waals surface area contributed by atoms with Crippen LogP contribution < -0.4 is 0 Å². The Kier molecular flexibility index (Phi) is 7.38. The number of rotatable bonds is 4. The number of cyclic esters (lactones) is 1. The number of hydrogen-bond acceptors (Lipinski definition) is 12. The number of ether oxygens (including phenoxy) is 3. The third-order valence-corrected chi connectivity index (χ3v) is 12.6. The molecule has 2 aliphatic heterocycles. The summed E-state index contributed by atoms with van der Waals surface area (Å²) in [7, 11) is 0. The van der Waals surface area contributed by atoms with Gasteiger partial charge in [-0.3, -0.25) is 4.79 Å². The molecule has 6 aliphatic rings. The number of fused-ring (bicyclic) bond motifs is 5. The van der Waals surface area contributed by atoms with Gasteiger partial charge in [0.05, 0.1) is 60.7 Å². The Balaban J connectivity index is 1.27. The van der Waals surface area contributed by atoms with Crippen molar-refractivity contribution in [3.63, 3.8) is 0 Å². The fourth-order valence-electron chi connectivity index (χ4n) is 10.5. The fourth-order valence-corrected chi connectivity index (χ4v) is 10.5. The maximum Gasteiger partial charge on any atom is 0.306 e. The van der Waals surface area contributed by atoms with Crippen LogP contribution in [0.1, 0.15) is 65.2 Å². The predicted molar refractivity (Wildman–Crippen MR) is 139 cm³/mol. The molecule has 41 heavy (non-hydrogen) atoms. The van der Waals surface area contributed by atoms with Gasteiger partial charge in [-0.05, 0) is 50.9 Å². The second kappa shape index (κ2) is 10.0. The van der Waals surface area contributed by atoms with Crippen molar-refractivity contribution in [3.05, 3.63) is 0 Å². The van der Waals surface area contributed by atoms with E-state index in [0.29, 0.717) is 25.9 Å². The zero-order chi connectivity index (χ0) is 29.7. The topological polar surface area (TPSA) is 207 Å². The van der Waals surface area contributed by atoms with Crippen molar-refractivity contribution in [3.8, 4) is 0 Å². The Morgan fingerprint density at radius 2 is 1.68 bits per heavy atom. The van der Waals surface area contributed by atoms with Gasteiger partial charge in [-0.2, -0.15) is 0 Å². The van der Waals surface area contributed by atoms with E-state index in [1.54, 1.807) is 0 Å². The third-order valence-electron chi connectivity index (χ3n) is 12.6. The number of hydrogen-bond donors (Lipinski definition) is 8. The van der Waals surface area contributed by atoms with Gasteiger partial charge in [0.25, 0.3) is 0 Å². The second-order valence-corrected chi connectivity index (χ2v) is 14.2. The van der Waals surface area contributed by atoms with Crippen LogP contribution in [0.3, 0.4) is 0 Å². The van der Waals surface area contributed by atoms with Crippen LogP contribution in [0.4, 0.5) is 0 Å². The molecule has 0 amide bonds. The highest BCUT2D eigenvalue weighted by Gasteiger charge is 2.75. The number of aliphatic hydroxyl groups excluding tert-OH is 6. The average Bonchev–Trinajstić information content (AvgIpc) is 3.45. The molecule has 6 rings (SSSR count). The predicted octanol–water partition coefficient (Wildman–Crippen LogP) is -1.44. The quantitative estimate of drug-likeness (QED) is 0.141. The van der Waals surface area contributed by atoms with Gasteiger partial charge in [0, 0.05) is 30.1 Å². The monoisotopic (exact) mass is 586 g/mol. The van der Waals surface area contributed by atoms with Crippen LogP contribution in [0.15, 0.2) is 0 Å². The molecule has 4 aliphatic carbocycles. The molecule has 234 valence electrons. The Morgan fingerprint density at radius 1 is 0.976 bits per heavy atom. The van der Waals surface area contributed by atoms with E-state index >= 15 is 0 Å². The maximum atomic E-state index is 12.4. The summed E-state index contributed by atoms with van der Waals surface area (Å²) in [5.74, 6) is -1.63. The summed E-state index contributed by atoms with van der Waals surface area (Å²) in [4.78, 5) is 11.9. The summed E-state index contributed by atoms with van der Waals surface area (Å²) in [6.07, 6.45) is -7.60. The van der Waals surface area contributed by atoms with Gasteiger partial charge in [-0.15, -0.1) is 0 Å². The van der Waals surface area contributed by atoms with E-state index in [0.717, 1.165) is 0 Å². The maximum absolute atomic E-state index is 12.4. The first kappa shape index (κ1) is 30.1. The van der Waals surface area contributed by atoms with Gasteiger partial charge >= 0.3 is 5.97 Å². The molecule has 12 heteroatoms. The highest BCUT2D eigenvalue weighted by Crippen LogP contribution is 2.71. The Bertz CT molecular complexity index is 1030. The van der Waals surface area contributed by atoms with Crippen molar-refractivity contribution < 1.29 is 59.9 Å². The number of carbonyl (C=O) groups excluding carboxylic acids is 1. The molecular formula is C29H46O12. The normalized spacial score (nSPS) is 58.8. The molecule has 0 aromatic heterocycles. The Hall–Kier alpha value is -0.930. The summed E-state index contributed by atoms with van der Waals surface area (Å²) in [5.41, 5.74) is -5.13. The zero-order valence-electron chi connectivity index (χ0n) is 23.7. The molecule has 12 nitrogen and oxygen atoms in total. The van der Waals surface area contributed by atoms with Gasteiger partial charge in [0.1, 0.15) is 18.3 Å². The number of carbonyl (C=O) groups is 1. The molecule has 4 saturated carbocycles. The Labute approximate surface area is 239 Å². The van der Waals surface area contributed by atoms with Crippen LogP contribution in [-0.4, -0.2) is 120 Å². The lowest BCUT2D eigenvalue weighted by molar-refractivity contribution is -0.342. The van der Waals surface area contributed by atoms with Crippen LogP contribution in [0.5, 0.6) is 0 Å². The minimum Gasteiger partial charge on any atom is -0.465 e. The van der Waals surface area contributed by atoms with Gasteiger partial charge < -0.3 is 55.1 Å². The molecule has 0 aromatic carbocycles. The lowest BCUT2D eigenvalue weighted by Gasteiger charge is -2.68. The first-order valence-corrected chi connectivity index (χ1v) is 15.1. The van der Waals surface area contributed by atoms with E-state index < -0.39 is 89.5 Å². The van der Waals surface area contributed by atoms with Crippen molar-refractivity contribution in [1.29, 1.82) is 0 Å². The molecule has 16 atom stereocenters.